The number of aromatic hydroxyl groups is 1. The number of nitrogens with one attached hydrogen (secondary N) is 1. The van der Waals surface area contributed by atoms with Crippen LogP contribution in [-0.4, -0.2) is 17.4 Å². The average molecular weight is 486 g/mol. The van der Waals surface area contributed by atoms with E-state index in [0.717, 1.165) is 32.6 Å². The fraction of sp³-hybridized carbons (Fsp3) is 0.208. The Kier molecular flexibility index (Phi) is 6.42. The first-order valence-electron chi connectivity index (χ1n) is 9.83. The van der Waals surface area contributed by atoms with Crippen molar-refractivity contribution in [3.8, 4) is 11.5 Å². The SMILES string of the molecule is CCOc1ccc(C2=N[C@H](c3ccc(Cl)cc3)N[C@H](c3cc(Br)ccc3O)C2)cc1. The molecule has 154 valence electrons. The molecular weight excluding hydrogens is 464 g/mol. The minimum Gasteiger partial charge on any atom is -0.508 e. The highest BCUT2D eigenvalue weighted by atomic mass is 79.9. The summed E-state index contributed by atoms with van der Waals surface area (Å²) in [5, 5.41) is 14.8. The standard InChI is InChI=1S/C24H22BrClN2O2/c1-2-30-19-10-5-15(6-11-19)21-14-22(20-13-17(25)7-12-23(20)29)28-24(27-21)16-3-8-18(26)9-4-16/h3-13,22,24,28-29H,2,14H2,1H3/t22-,24-/m0/s1. The molecule has 2 N–H and O–H groups in total. The zero-order chi connectivity index (χ0) is 21.1. The largest absolute Gasteiger partial charge is 0.508 e. The molecule has 0 fully saturated rings. The van der Waals surface area contributed by atoms with Crippen molar-refractivity contribution in [2.75, 3.05) is 6.61 Å². The number of rotatable bonds is 5. The minimum atomic E-state index is -0.249. The van der Waals surface area contributed by atoms with Gasteiger partial charge in [-0.2, -0.15) is 0 Å². The third-order valence-corrected chi connectivity index (χ3v) is 5.84. The lowest BCUT2D eigenvalue weighted by Crippen LogP contribution is -2.33. The molecule has 0 aromatic heterocycles. The quantitative estimate of drug-likeness (QED) is 0.438. The van der Waals surface area contributed by atoms with E-state index in [1.807, 2.05) is 67.6 Å². The summed E-state index contributed by atoms with van der Waals surface area (Å²) >= 11 is 9.59. The monoisotopic (exact) mass is 484 g/mol. The van der Waals surface area contributed by atoms with Crippen LogP contribution >= 0.6 is 27.5 Å². The van der Waals surface area contributed by atoms with Crippen molar-refractivity contribution in [1.29, 1.82) is 0 Å². The lowest BCUT2D eigenvalue weighted by Gasteiger charge is -2.31. The Morgan fingerprint density at radius 3 is 2.53 bits per heavy atom. The van der Waals surface area contributed by atoms with Gasteiger partial charge < -0.3 is 9.84 Å². The van der Waals surface area contributed by atoms with E-state index >= 15 is 0 Å². The number of hydrogen-bond donors (Lipinski definition) is 2. The summed E-state index contributed by atoms with van der Waals surface area (Å²) in [7, 11) is 0. The van der Waals surface area contributed by atoms with Crippen LogP contribution in [0.4, 0.5) is 0 Å². The van der Waals surface area contributed by atoms with Gasteiger partial charge in [0.15, 0.2) is 0 Å². The molecule has 0 radical (unpaired) electrons. The molecule has 1 heterocycles. The lowest BCUT2D eigenvalue weighted by molar-refractivity contribution is 0.340. The summed E-state index contributed by atoms with van der Waals surface area (Å²) < 4.78 is 6.49. The van der Waals surface area contributed by atoms with E-state index in [-0.39, 0.29) is 18.0 Å². The van der Waals surface area contributed by atoms with Gasteiger partial charge in [0.25, 0.3) is 0 Å². The summed E-state index contributed by atoms with van der Waals surface area (Å²) in [6.45, 7) is 2.60. The Bertz CT molecular complexity index is 1050. The van der Waals surface area contributed by atoms with E-state index in [9.17, 15) is 5.11 Å². The van der Waals surface area contributed by atoms with Gasteiger partial charge in [-0.15, -0.1) is 0 Å². The van der Waals surface area contributed by atoms with Crippen molar-refractivity contribution >= 4 is 33.2 Å². The van der Waals surface area contributed by atoms with Crippen LogP contribution < -0.4 is 10.1 Å². The summed E-state index contributed by atoms with van der Waals surface area (Å²) in [6, 6.07) is 21.1. The predicted octanol–water partition coefficient (Wildman–Crippen LogP) is 6.43. The number of aliphatic imine (C=N–C) groups is 1. The molecule has 0 aliphatic carbocycles. The number of hydrogen-bond acceptors (Lipinski definition) is 4. The molecule has 1 aliphatic heterocycles. The first kappa shape index (κ1) is 20.9. The predicted molar refractivity (Wildman–Crippen MR) is 125 cm³/mol. The molecule has 3 aromatic carbocycles. The topological polar surface area (TPSA) is 53.8 Å². The molecule has 0 unspecified atom stereocenters. The van der Waals surface area contributed by atoms with E-state index in [1.165, 1.54) is 0 Å². The number of halogens is 2. The molecule has 0 amide bonds. The van der Waals surface area contributed by atoms with Crippen LogP contribution in [0.1, 0.15) is 42.2 Å². The normalized spacial score (nSPS) is 18.7. The molecular formula is C24H22BrClN2O2. The van der Waals surface area contributed by atoms with E-state index in [2.05, 4.69) is 21.2 Å². The van der Waals surface area contributed by atoms with Crippen LogP contribution in [0.25, 0.3) is 0 Å². The van der Waals surface area contributed by atoms with Crippen LogP contribution in [0.2, 0.25) is 5.02 Å². The number of phenols is 1. The van der Waals surface area contributed by atoms with Gasteiger partial charge in [-0.3, -0.25) is 10.3 Å². The Hall–Kier alpha value is -2.34. The number of nitrogens with zero attached hydrogens (tertiary/aromatic N) is 1. The van der Waals surface area contributed by atoms with Gasteiger partial charge in [-0.25, -0.2) is 0 Å². The second kappa shape index (κ2) is 9.21. The van der Waals surface area contributed by atoms with Crippen molar-refractivity contribution in [2.45, 2.75) is 25.6 Å². The zero-order valence-corrected chi connectivity index (χ0v) is 18.8. The van der Waals surface area contributed by atoms with E-state index < -0.39 is 0 Å². The minimum absolute atomic E-state index is 0.0951. The molecule has 30 heavy (non-hydrogen) atoms. The van der Waals surface area contributed by atoms with E-state index in [4.69, 9.17) is 21.3 Å². The molecule has 4 nitrogen and oxygen atoms in total. The maximum absolute atomic E-state index is 10.5. The first-order chi connectivity index (χ1) is 14.5. The van der Waals surface area contributed by atoms with Crippen molar-refractivity contribution < 1.29 is 9.84 Å². The van der Waals surface area contributed by atoms with Gasteiger partial charge in [0, 0.05) is 33.2 Å². The van der Waals surface area contributed by atoms with Crippen molar-refractivity contribution in [3.05, 3.63) is 92.9 Å². The molecule has 3 aromatic rings. The highest BCUT2D eigenvalue weighted by Crippen LogP contribution is 2.36. The molecule has 1 aliphatic rings. The molecule has 2 atom stereocenters. The summed E-state index contributed by atoms with van der Waals surface area (Å²) in [5.74, 6) is 1.10. The van der Waals surface area contributed by atoms with Crippen LogP contribution in [0.5, 0.6) is 11.5 Å². The maximum Gasteiger partial charge on any atom is 0.126 e. The zero-order valence-electron chi connectivity index (χ0n) is 16.5. The van der Waals surface area contributed by atoms with Gasteiger partial charge in [0.2, 0.25) is 0 Å². The van der Waals surface area contributed by atoms with Gasteiger partial charge in [-0.1, -0.05) is 39.7 Å². The smallest absolute Gasteiger partial charge is 0.126 e. The van der Waals surface area contributed by atoms with Crippen LogP contribution in [0.3, 0.4) is 0 Å². The van der Waals surface area contributed by atoms with Gasteiger partial charge in [0.1, 0.15) is 17.7 Å². The van der Waals surface area contributed by atoms with Crippen molar-refractivity contribution in [3.63, 3.8) is 0 Å². The fourth-order valence-electron chi connectivity index (χ4n) is 3.61. The van der Waals surface area contributed by atoms with Crippen LogP contribution in [0, 0.1) is 0 Å². The van der Waals surface area contributed by atoms with Crippen LogP contribution in [-0.2, 0) is 0 Å². The molecule has 0 saturated heterocycles. The van der Waals surface area contributed by atoms with Crippen molar-refractivity contribution in [1.82, 2.24) is 5.32 Å². The second-order valence-corrected chi connectivity index (χ2v) is 8.47. The molecule has 6 heteroatoms. The molecule has 0 bridgehead atoms. The van der Waals surface area contributed by atoms with Gasteiger partial charge in [-0.05, 0) is 72.6 Å². The molecule has 0 spiro atoms. The van der Waals surface area contributed by atoms with Gasteiger partial charge in [0.05, 0.1) is 6.61 Å². The molecule has 0 saturated carbocycles. The lowest BCUT2D eigenvalue weighted by atomic mass is 9.93. The molecule has 4 rings (SSSR count). The average Bonchev–Trinajstić information content (AvgIpc) is 2.76. The fourth-order valence-corrected chi connectivity index (χ4v) is 4.12. The van der Waals surface area contributed by atoms with Crippen LogP contribution in [0.15, 0.2) is 76.2 Å². The highest BCUT2D eigenvalue weighted by molar-refractivity contribution is 9.10. The Morgan fingerprint density at radius 1 is 1.10 bits per heavy atom. The number of phenolic OH excluding ortho intramolecular Hbond substituents is 1. The summed E-state index contributed by atoms with van der Waals surface area (Å²) in [6.07, 6.45) is 0.406. The Labute approximate surface area is 189 Å². The maximum atomic E-state index is 10.5. The van der Waals surface area contributed by atoms with E-state index in [0.29, 0.717) is 18.1 Å². The number of ether oxygens (including phenoxy) is 1. The summed E-state index contributed by atoms with van der Waals surface area (Å²) in [5.41, 5.74) is 3.86. The Morgan fingerprint density at radius 2 is 1.83 bits per heavy atom. The third-order valence-electron chi connectivity index (χ3n) is 5.09. The Balaban J connectivity index is 1.72. The number of benzene rings is 3. The van der Waals surface area contributed by atoms with Gasteiger partial charge >= 0.3 is 0 Å². The first-order valence-corrected chi connectivity index (χ1v) is 11.0. The van der Waals surface area contributed by atoms with E-state index in [1.54, 1.807) is 6.07 Å². The van der Waals surface area contributed by atoms with Crippen molar-refractivity contribution in [2.24, 2.45) is 4.99 Å². The summed E-state index contributed by atoms with van der Waals surface area (Å²) in [4.78, 5) is 4.98. The third kappa shape index (κ3) is 4.69. The highest BCUT2D eigenvalue weighted by Gasteiger charge is 2.27. The second-order valence-electron chi connectivity index (χ2n) is 7.11.